The van der Waals surface area contributed by atoms with Gasteiger partial charge in [-0.15, -0.1) is 17.0 Å². The minimum atomic E-state index is 0. The van der Waals surface area contributed by atoms with Crippen molar-refractivity contribution >= 4 is 17.0 Å². The van der Waals surface area contributed by atoms with Crippen molar-refractivity contribution < 1.29 is 0 Å². The van der Waals surface area contributed by atoms with Crippen molar-refractivity contribution in [3.8, 4) is 0 Å². The van der Waals surface area contributed by atoms with Crippen LogP contribution in [0.4, 0.5) is 0 Å². The van der Waals surface area contributed by atoms with E-state index in [1.807, 2.05) is 0 Å². The van der Waals surface area contributed by atoms with Gasteiger partial charge >= 0.3 is 0 Å². The minimum absolute atomic E-state index is 0. The van der Waals surface area contributed by atoms with Crippen LogP contribution in [0.25, 0.3) is 0 Å². The van der Waals surface area contributed by atoms with Gasteiger partial charge in [0, 0.05) is 5.54 Å². The van der Waals surface area contributed by atoms with Gasteiger partial charge < -0.3 is 4.90 Å². The van der Waals surface area contributed by atoms with Gasteiger partial charge in [0.15, 0.2) is 0 Å². The zero-order valence-corrected chi connectivity index (χ0v) is 10.6. The summed E-state index contributed by atoms with van der Waals surface area (Å²) in [6, 6.07) is 0. The molecule has 0 aromatic rings. The second-order valence-electron chi connectivity index (χ2n) is 4.70. The first-order valence-electron chi connectivity index (χ1n) is 3.87. The largest absolute Gasteiger partial charge is 0.304 e. The molecule has 0 amide bonds. The van der Waals surface area contributed by atoms with Crippen molar-refractivity contribution in [1.29, 1.82) is 0 Å². The molecular formula is C9H22BrN. The Labute approximate surface area is 81.9 Å². The van der Waals surface area contributed by atoms with Crippen molar-refractivity contribution in [1.82, 2.24) is 4.90 Å². The first kappa shape index (κ1) is 14.0. The summed E-state index contributed by atoms with van der Waals surface area (Å²) >= 11 is 0. The predicted molar refractivity (Wildman–Crippen MR) is 57.5 cm³/mol. The van der Waals surface area contributed by atoms with Crippen LogP contribution in [0.5, 0.6) is 0 Å². The Morgan fingerprint density at radius 1 is 0.818 bits per heavy atom. The number of hydrogen-bond donors (Lipinski definition) is 0. The molecule has 0 unspecified atom stereocenters. The SMILES string of the molecule is Br.CN(C)C(C)(C)C(C)(C)C. The van der Waals surface area contributed by atoms with Crippen LogP contribution in [0.1, 0.15) is 34.6 Å². The molecule has 0 bridgehead atoms. The summed E-state index contributed by atoms with van der Waals surface area (Å²) in [5, 5.41) is 0. The summed E-state index contributed by atoms with van der Waals surface area (Å²) in [6.45, 7) is 11.4. The van der Waals surface area contributed by atoms with Crippen LogP contribution >= 0.6 is 17.0 Å². The zero-order valence-electron chi connectivity index (χ0n) is 8.86. The maximum Gasteiger partial charge on any atom is 0.0195 e. The Morgan fingerprint density at radius 3 is 1.09 bits per heavy atom. The van der Waals surface area contributed by atoms with Gasteiger partial charge in [-0.25, -0.2) is 0 Å². The average molecular weight is 224 g/mol. The number of rotatable bonds is 1. The molecule has 0 aliphatic heterocycles. The van der Waals surface area contributed by atoms with Crippen LogP contribution in [0.2, 0.25) is 0 Å². The highest BCUT2D eigenvalue weighted by molar-refractivity contribution is 8.93. The van der Waals surface area contributed by atoms with Gasteiger partial charge in [0.2, 0.25) is 0 Å². The van der Waals surface area contributed by atoms with E-state index in [1.165, 1.54) is 0 Å². The van der Waals surface area contributed by atoms with Gasteiger partial charge in [-0.1, -0.05) is 20.8 Å². The molecule has 0 atom stereocenters. The molecule has 0 rings (SSSR count). The zero-order chi connectivity index (χ0) is 8.58. The van der Waals surface area contributed by atoms with E-state index < -0.39 is 0 Å². The van der Waals surface area contributed by atoms with Gasteiger partial charge in [0.25, 0.3) is 0 Å². The molecule has 0 aliphatic rings. The molecule has 0 heterocycles. The predicted octanol–water partition coefficient (Wildman–Crippen LogP) is 2.95. The molecule has 0 radical (unpaired) electrons. The summed E-state index contributed by atoms with van der Waals surface area (Å²) in [7, 11) is 4.26. The molecule has 0 N–H and O–H groups in total. The van der Waals surface area contributed by atoms with E-state index in [2.05, 4.69) is 53.6 Å². The fourth-order valence-electron chi connectivity index (χ4n) is 0.671. The lowest BCUT2D eigenvalue weighted by atomic mass is 9.75. The highest BCUT2D eigenvalue weighted by atomic mass is 79.9. The molecule has 0 saturated carbocycles. The topological polar surface area (TPSA) is 3.24 Å². The quantitative estimate of drug-likeness (QED) is 0.661. The van der Waals surface area contributed by atoms with Gasteiger partial charge in [-0.3, -0.25) is 0 Å². The number of hydrogen-bond acceptors (Lipinski definition) is 1. The molecule has 0 saturated heterocycles. The Morgan fingerprint density at radius 2 is 1.09 bits per heavy atom. The van der Waals surface area contributed by atoms with Crippen LogP contribution in [-0.2, 0) is 0 Å². The van der Waals surface area contributed by atoms with E-state index >= 15 is 0 Å². The fraction of sp³-hybridized carbons (Fsp3) is 1.00. The maximum atomic E-state index is 2.27. The summed E-state index contributed by atoms with van der Waals surface area (Å²) < 4.78 is 0. The van der Waals surface area contributed by atoms with E-state index in [9.17, 15) is 0 Å². The second kappa shape index (κ2) is 3.90. The highest BCUT2D eigenvalue weighted by Crippen LogP contribution is 2.32. The Hall–Kier alpha value is 0.440. The van der Waals surface area contributed by atoms with Gasteiger partial charge in [-0.05, 0) is 33.4 Å². The van der Waals surface area contributed by atoms with Gasteiger partial charge in [-0.2, -0.15) is 0 Å². The lowest BCUT2D eigenvalue weighted by Gasteiger charge is -2.44. The monoisotopic (exact) mass is 223 g/mol. The molecule has 0 spiro atoms. The van der Waals surface area contributed by atoms with E-state index in [-0.39, 0.29) is 22.5 Å². The molecule has 0 aromatic heterocycles. The first-order chi connectivity index (χ1) is 4.19. The minimum Gasteiger partial charge on any atom is -0.304 e. The van der Waals surface area contributed by atoms with Crippen molar-refractivity contribution in [3.63, 3.8) is 0 Å². The third-order valence-electron chi connectivity index (χ3n) is 2.95. The molecule has 70 valence electrons. The van der Waals surface area contributed by atoms with Crippen LogP contribution < -0.4 is 0 Å². The van der Waals surface area contributed by atoms with Gasteiger partial charge in [0.1, 0.15) is 0 Å². The number of halogens is 1. The fourth-order valence-corrected chi connectivity index (χ4v) is 0.671. The van der Waals surface area contributed by atoms with Crippen molar-refractivity contribution in [3.05, 3.63) is 0 Å². The van der Waals surface area contributed by atoms with E-state index in [0.717, 1.165) is 0 Å². The van der Waals surface area contributed by atoms with Crippen LogP contribution in [0.15, 0.2) is 0 Å². The normalized spacial score (nSPS) is 13.1. The summed E-state index contributed by atoms with van der Waals surface area (Å²) in [4.78, 5) is 2.27. The van der Waals surface area contributed by atoms with E-state index in [4.69, 9.17) is 0 Å². The molecule has 2 heteroatoms. The van der Waals surface area contributed by atoms with Crippen LogP contribution in [0, 0.1) is 5.41 Å². The molecule has 1 nitrogen and oxygen atoms in total. The summed E-state index contributed by atoms with van der Waals surface area (Å²) in [5.74, 6) is 0. The van der Waals surface area contributed by atoms with Crippen molar-refractivity contribution in [2.24, 2.45) is 5.41 Å². The van der Waals surface area contributed by atoms with Crippen molar-refractivity contribution in [2.75, 3.05) is 14.1 Å². The maximum absolute atomic E-state index is 2.27. The smallest absolute Gasteiger partial charge is 0.0195 e. The standard InChI is InChI=1S/C9H21N.BrH/c1-8(2,3)9(4,5)10(6)7;/h1-7H3;1H. The van der Waals surface area contributed by atoms with Crippen molar-refractivity contribution in [2.45, 2.75) is 40.2 Å². The highest BCUT2D eigenvalue weighted by Gasteiger charge is 2.34. The third-order valence-corrected chi connectivity index (χ3v) is 2.95. The first-order valence-corrected chi connectivity index (χ1v) is 3.87. The number of nitrogens with zero attached hydrogens (tertiary/aromatic N) is 1. The lowest BCUT2D eigenvalue weighted by Crippen LogP contribution is -2.48. The van der Waals surface area contributed by atoms with E-state index in [1.54, 1.807) is 0 Å². The third kappa shape index (κ3) is 3.12. The second-order valence-corrected chi connectivity index (χ2v) is 4.70. The summed E-state index contributed by atoms with van der Waals surface area (Å²) in [6.07, 6.45) is 0. The summed E-state index contributed by atoms with van der Waals surface area (Å²) in [5.41, 5.74) is 0.615. The molecule has 0 fully saturated rings. The van der Waals surface area contributed by atoms with Gasteiger partial charge in [0.05, 0.1) is 0 Å². The molecular weight excluding hydrogens is 202 g/mol. The Kier molecular flexibility index (Phi) is 4.96. The van der Waals surface area contributed by atoms with Crippen LogP contribution in [-0.4, -0.2) is 24.5 Å². The molecule has 11 heavy (non-hydrogen) atoms. The average Bonchev–Trinajstić information content (AvgIpc) is 1.62. The van der Waals surface area contributed by atoms with E-state index in [0.29, 0.717) is 5.41 Å². The lowest BCUT2D eigenvalue weighted by molar-refractivity contribution is 0.0652. The molecule has 0 aromatic carbocycles. The Balaban J connectivity index is 0. The van der Waals surface area contributed by atoms with Crippen LogP contribution in [0.3, 0.4) is 0 Å². The Bertz CT molecular complexity index is 111. The molecule has 0 aliphatic carbocycles.